The number of aromatic nitrogens is 4. The minimum Gasteiger partial charge on any atom is -0.478 e. The first-order valence-corrected chi connectivity index (χ1v) is 12.1. The van der Waals surface area contributed by atoms with E-state index in [2.05, 4.69) is 20.2 Å². The summed E-state index contributed by atoms with van der Waals surface area (Å²) in [5, 5.41) is 18.0. The third-order valence-corrected chi connectivity index (χ3v) is 6.62. The van der Waals surface area contributed by atoms with Gasteiger partial charge in [-0.2, -0.15) is 8.42 Å². The van der Waals surface area contributed by atoms with Gasteiger partial charge < -0.3 is 21.4 Å². The molecule has 1 saturated heterocycles. The SMILES string of the molecule is CC(C)(O/N=C(\C(=O)C[C@@H]1C(=O)N(S(=O)(=O)O)[C@@H]1Cn1cnc(C(N)=O)n1)c1csc(N)n1)C(=O)O. The summed E-state index contributed by atoms with van der Waals surface area (Å²) in [4.78, 5) is 60.8. The highest BCUT2D eigenvalue weighted by Crippen LogP contribution is 2.34. The minimum atomic E-state index is -5.00. The molecule has 2 atom stereocenters. The Balaban J connectivity index is 1.90. The predicted molar refractivity (Wildman–Crippen MR) is 120 cm³/mol. The fourth-order valence-electron chi connectivity index (χ4n) is 3.10. The number of carbonyl (C=O) groups is 4. The lowest BCUT2D eigenvalue weighted by Crippen LogP contribution is -2.64. The van der Waals surface area contributed by atoms with Gasteiger partial charge in [-0.05, 0) is 13.8 Å². The maximum atomic E-state index is 13.1. The number of carboxylic acids is 1. The molecule has 0 aliphatic carbocycles. The fraction of sp³-hybridized carbons (Fsp3) is 0.412. The van der Waals surface area contributed by atoms with Crippen molar-refractivity contribution in [2.75, 3.05) is 5.73 Å². The molecule has 17 nitrogen and oxygen atoms in total. The van der Waals surface area contributed by atoms with Crippen molar-refractivity contribution in [2.45, 2.75) is 38.5 Å². The second-order valence-electron chi connectivity index (χ2n) is 7.99. The first kappa shape index (κ1) is 26.6. The summed E-state index contributed by atoms with van der Waals surface area (Å²) in [7, 11) is -5.00. The molecule has 1 aliphatic heterocycles. The summed E-state index contributed by atoms with van der Waals surface area (Å²) >= 11 is 0.958. The molecule has 36 heavy (non-hydrogen) atoms. The summed E-state index contributed by atoms with van der Waals surface area (Å²) < 4.78 is 34.1. The van der Waals surface area contributed by atoms with Crippen LogP contribution in [-0.2, 0) is 36.1 Å². The third kappa shape index (κ3) is 5.47. The number of oxime groups is 1. The number of β-lactam (4-membered cyclic amide) rings is 1. The summed E-state index contributed by atoms with van der Waals surface area (Å²) in [6.07, 6.45) is 0.427. The Morgan fingerprint density at radius 1 is 1.33 bits per heavy atom. The van der Waals surface area contributed by atoms with E-state index in [0.29, 0.717) is 0 Å². The molecule has 19 heteroatoms. The molecule has 0 unspecified atom stereocenters. The van der Waals surface area contributed by atoms with E-state index in [9.17, 15) is 37.3 Å². The number of primary amides is 1. The number of Topliss-reactive ketones (excluding diaryl/α,β-unsaturated/α-hetero) is 1. The first-order valence-electron chi connectivity index (χ1n) is 9.86. The Labute approximate surface area is 206 Å². The van der Waals surface area contributed by atoms with Crippen molar-refractivity contribution < 1.29 is 42.1 Å². The van der Waals surface area contributed by atoms with Crippen LogP contribution in [0.4, 0.5) is 5.13 Å². The average molecular weight is 545 g/mol. The minimum absolute atomic E-state index is 0.0546. The van der Waals surface area contributed by atoms with E-state index in [-0.39, 0.29) is 27.5 Å². The van der Waals surface area contributed by atoms with Crippen LogP contribution in [0.1, 0.15) is 36.6 Å². The van der Waals surface area contributed by atoms with Crippen LogP contribution in [0.2, 0.25) is 0 Å². The molecule has 1 fully saturated rings. The van der Waals surface area contributed by atoms with Gasteiger partial charge in [-0.25, -0.2) is 23.7 Å². The summed E-state index contributed by atoms with van der Waals surface area (Å²) in [6.45, 7) is 2.00. The third-order valence-electron chi connectivity index (χ3n) is 4.99. The van der Waals surface area contributed by atoms with Crippen molar-refractivity contribution >= 4 is 56.1 Å². The van der Waals surface area contributed by atoms with Gasteiger partial charge in [0.1, 0.15) is 12.0 Å². The lowest BCUT2D eigenvalue weighted by molar-refractivity contribution is -0.161. The quantitative estimate of drug-likeness (QED) is 0.106. The number of aliphatic carboxylic acids is 1. The van der Waals surface area contributed by atoms with Gasteiger partial charge in [0.25, 0.3) is 5.91 Å². The van der Waals surface area contributed by atoms with Crippen LogP contribution in [-0.4, -0.2) is 83.1 Å². The van der Waals surface area contributed by atoms with Crippen molar-refractivity contribution in [3.05, 3.63) is 23.2 Å². The molecule has 0 bridgehead atoms. The number of carboxylic acid groups (broad SMARTS) is 1. The second kappa shape index (κ2) is 9.59. The molecular formula is C17H20N8O9S2. The van der Waals surface area contributed by atoms with Crippen molar-refractivity contribution in [1.82, 2.24) is 24.1 Å². The van der Waals surface area contributed by atoms with Gasteiger partial charge in [0.2, 0.25) is 17.3 Å². The Hall–Kier alpha value is -3.97. The molecule has 2 amide bonds. The zero-order valence-corrected chi connectivity index (χ0v) is 20.3. The van der Waals surface area contributed by atoms with Crippen molar-refractivity contribution in [3.63, 3.8) is 0 Å². The monoisotopic (exact) mass is 544 g/mol. The smallest absolute Gasteiger partial charge is 0.362 e. The number of anilines is 1. The van der Waals surface area contributed by atoms with E-state index in [1.165, 1.54) is 19.2 Å². The number of nitrogen functional groups attached to an aromatic ring is 1. The molecule has 3 heterocycles. The van der Waals surface area contributed by atoms with E-state index in [0.717, 1.165) is 22.3 Å². The molecule has 0 saturated carbocycles. The van der Waals surface area contributed by atoms with Gasteiger partial charge in [-0.3, -0.25) is 18.9 Å². The molecule has 3 rings (SSSR count). The Bertz CT molecular complexity index is 1360. The van der Waals surface area contributed by atoms with Crippen LogP contribution >= 0.6 is 11.3 Å². The standard InChI is InChI=1S/C17H20N8O9S2/c1-17(2,15(29)30)34-23-11(8-5-35-16(19)21-8)10(26)3-7-9(25(14(7)28)36(31,32)33)4-24-6-20-13(22-24)12(18)27/h5-7,9H,3-4H2,1-2H3,(H2,18,27)(H2,19,21)(H,29,30)(H,31,32,33)/b23-11-/t7-,9+/m0/s1. The highest BCUT2D eigenvalue weighted by molar-refractivity contribution is 7.84. The molecule has 194 valence electrons. The largest absolute Gasteiger partial charge is 0.478 e. The number of ketones is 1. The number of amides is 2. The molecule has 2 aromatic rings. The number of carbonyl (C=O) groups excluding carboxylic acids is 3. The zero-order chi connectivity index (χ0) is 27.0. The number of hydrogen-bond acceptors (Lipinski definition) is 13. The Morgan fingerprint density at radius 2 is 2.00 bits per heavy atom. The predicted octanol–water partition coefficient (Wildman–Crippen LogP) is -1.71. The van der Waals surface area contributed by atoms with Crippen LogP contribution in [0.15, 0.2) is 16.9 Å². The van der Waals surface area contributed by atoms with Gasteiger partial charge in [-0.1, -0.05) is 5.16 Å². The maximum absolute atomic E-state index is 13.1. The van der Waals surface area contributed by atoms with Crippen molar-refractivity contribution in [1.29, 1.82) is 0 Å². The number of nitrogens with zero attached hydrogens (tertiary/aromatic N) is 6. The number of thiazole rings is 1. The highest BCUT2D eigenvalue weighted by atomic mass is 32.2. The molecule has 1 aliphatic rings. The van der Waals surface area contributed by atoms with Gasteiger partial charge in [-0.15, -0.1) is 16.4 Å². The fourth-order valence-corrected chi connectivity index (χ4v) is 4.57. The van der Waals surface area contributed by atoms with Gasteiger partial charge in [0.05, 0.1) is 18.5 Å². The van der Waals surface area contributed by atoms with Gasteiger partial charge in [0, 0.05) is 11.8 Å². The number of rotatable bonds is 11. The van der Waals surface area contributed by atoms with Gasteiger partial charge in [0.15, 0.2) is 16.6 Å². The zero-order valence-electron chi connectivity index (χ0n) is 18.6. The van der Waals surface area contributed by atoms with Crippen molar-refractivity contribution in [2.24, 2.45) is 16.8 Å². The molecule has 2 aromatic heterocycles. The Kier molecular flexibility index (Phi) is 7.09. The van der Waals surface area contributed by atoms with Crippen molar-refractivity contribution in [3.8, 4) is 0 Å². The van der Waals surface area contributed by atoms with Gasteiger partial charge >= 0.3 is 16.3 Å². The van der Waals surface area contributed by atoms with Crippen LogP contribution in [0.3, 0.4) is 0 Å². The maximum Gasteiger partial charge on any atom is 0.362 e. The second-order valence-corrected chi connectivity index (χ2v) is 10.2. The topological polar surface area (TPSA) is 263 Å². The van der Waals surface area contributed by atoms with Crippen LogP contribution in [0.25, 0.3) is 0 Å². The average Bonchev–Trinajstić information content (AvgIpc) is 3.40. The molecule has 6 N–H and O–H groups in total. The Morgan fingerprint density at radius 3 is 2.50 bits per heavy atom. The first-order chi connectivity index (χ1) is 16.6. The molecular weight excluding hydrogens is 524 g/mol. The summed E-state index contributed by atoms with van der Waals surface area (Å²) in [6, 6.07) is -1.29. The molecule has 0 aromatic carbocycles. The lowest BCUT2D eigenvalue weighted by atomic mass is 9.84. The van der Waals surface area contributed by atoms with E-state index < -0.39 is 63.6 Å². The number of nitrogens with two attached hydrogens (primary N) is 2. The normalized spacial score (nSPS) is 18.6. The van der Waals surface area contributed by atoms with E-state index in [1.54, 1.807) is 0 Å². The van der Waals surface area contributed by atoms with E-state index >= 15 is 0 Å². The molecule has 0 radical (unpaired) electrons. The number of hydrogen-bond donors (Lipinski definition) is 4. The summed E-state index contributed by atoms with van der Waals surface area (Å²) in [5.74, 6) is -5.93. The summed E-state index contributed by atoms with van der Waals surface area (Å²) in [5.41, 5.74) is 8.36. The van der Waals surface area contributed by atoms with E-state index in [4.69, 9.17) is 16.3 Å². The highest BCUT2D eigenvalue weighted by Gasteiger charge is 2.54. The van der Waals surface area contributed by atoms with Crippen LogP contribution < -0.4 is 11.5 Å². The van der Waals surface area contributed by atoms with E-state index in [1.807, 2.05) is 0 Å². The van der Waals surface area contributed by atoms with Crippen LogP contribution in [0.5, 0.6) is 0 Å². The lowest BCUT2D eigenvalue weighted by Gasteiger charge is -2.43. The molecule has 0 spiro atoms. The van der Waals surface area contributed by atoms with Crippen LogP contribution in [0, 0.1) is 5.92 Å².